The summed E-state index contributed by atoms with van der Waals surface area (Å²) in [5.41, 5.74) is 3.06. The Morgan fingerprint density at radius 3 is 2.75 bits per heavy atom. The molecule has 4 fully saturated rings. The summed E-state index contributed by atoms with van der Waals surface area (Å²) in [5.74, 6) is 3.33. The number of aromatic nitrogens is 2. The minimum Gasteiger partial charge on any atom is -0.388 e. The number of aryl methyl sites for hydroxylation is 1. The monoisotopic (exact) mass is 382 g/mol. The molecule has 4 aliphatic rings. The van der Waals surface area contributed by atoms with Crippen molar-refractivity contribution in [2.24, 2.45) is 34.5 Å². The lowest BCUT2D eigenvalue weighted by atomic mass is 9.45. The van der Waals surface area contributed by atoms with Gasteiger partial charge in [0.25, 0.3) is 0 Å². The maximum Gasteiger partial charge on any atom is 0.0809 e. The number of aliphatic hydroxyl groups is 1. The molecule has 1 N–H and O–H groups in total. The molecule has 0 saturated heterocycles. The normalized spacial score (nSPS) is 46.9. The van der Waals surface area contributed by atoms with Crippen LogP contribution in [0.3, 0.4) is 0 Å². The smallest absolute Gasteiger partial charge is 0.0809 e. The van der Waals surface area contributed by atoms with Crippen LogP contribution in [-0.2, 0) is 6.54 Å². The van der Waals surface area contributed by atoms with Crippen molar-refractivity contribution in [1.82, 2.24) is 9.78 Å². The molecule has 4 saturated carbocycles. The largest absolute Gasteiger partial charge is 0.388 e. The van der Waals surface area contributed by atoms with E-state index in [1.54, 1.807) is 0 Å². The highest BCUT2D eigenvalue weighted by molar-refractivity contribution is 5.54. The standard InChI is InChI=1S/C25H38N2O/c1-4-27-16-17(15-26-27)13-18-14-22-20-9-8-19-7-5-6-11-24(19,2)21(20)10-12-25(22,3)23(18)28/h13,15-16,19-23,28H,4-12,14H2,1-3H3. The molecular formula is C25H38N2O. The number of nitrogens with zero attached hydrogens (tertiary/aromatic N) is 2. The Bertz CT molecular complexity index is 766. The van der Waals surface area contributed by atoms with Crippen LogP contribution < -0.4 is 0 Å². The minimum absolute atomic E-state index is 0.0750. The maximum absolute atomic E-state index is 11.4. The summed E-state index contributed by atoms with van der Waals surface area (Å²) >= 11 is 0. The summed E-state index contributed by atoms with van der Waals surface area (Å²) in [5, 5.41) is 15.8. The third-order valence-electron chi connectivity index (χ3n) is 9.78. The Morgan fingerprint density at radius 1 is 1.11 bits per heavy atom. The zero-order valence-electron chi connectivity index (χ0n) is 18.0. The number of aliphatic hydroxyl groups excluding tert-OH is 1. The second-order valence-electron chi connectivity index (χ2n) is 10.9. The van der Waals surface area contributed by atoms with Crippen molar-refractivity contribution in [3.8, 4) is 0 Å². The molecule has 0 bridgehead atoms. The average molecular weight is 383 g/mol. The molecule has 1 aromatic heterocycles. The van der Waals surface area contributed by atoms with E-state index in [4.69, 9.17) is 0 Å². The number of hydrogen-bond acceptors (Lipinski definition) is 2. The fourth-order valence-corrected chi connectivity index (χ4v) is 8.14. The van der Waals surface area contributed by atoms with Gasteiger partial charge in [0.05, 0.1) is 12.3 Å². The molecule has 0 radical (unpaired) electrons. The van der Waals surface area contributed by atoms with Gasteiger partial charge in [0, 0.05) is 23.7 Å². The van der Waals surface area contributed by atoms with Crippen LogP contribution in [0.2, 0.25) is 0 Å². The molecule has 0 aromatic carbocycles. The Hall–Kier alpha value is -1.09. The van der Waals surface area contributed by atoms with E-state index in [-0.39, 0.29) is 11.5 Å². The molecule has 5 rings (SSSR count). The fourth-order valence-electron chi connectivity index (χ4n) is 8.14. The molecule has 28 heavy (non-hydrogen) atoms. The summed E-state index contributed by atoms with van der Waals surface area (Å²) in [7, 11) is 0. The van der Waals surface area contributed by atoms with Gasteiger partial charge in [-0.2, -0.15) is 5.10 Å². The molecule has 7 atom stereocenters. The van der Waals surface area contributed by atoms with Crippen molar-refractivity contribution in [1.29, 1.82) is 0 Å². The molecule has 3 heteroatoms. The molecule has 154 valence electrons. The van der Waals surface area contributed by atoms with E-state index >= 15 is 0 Å². The lowest BCUT2D eigenvalue weighted by molar-refractivity contribution is -0.119. The van der Waals surface area contributed by atoms with Gasteiger partial charge in [0.15, 0.2) is 0 Å². The lowest BCUT2D eigenvalue weighted by Crippen LogP contribution is -2.53. The van der Waals surface area contributed by atoms with Gasteiger partial charge in [-0.1, -0.05) is 32.8 Å². The predicted octanol–water partition coefficient (Wildman–Crippen LogP) is 5.69. The first-order valence-electron chi connectivity index (χ1n) is 11.9. The zero-order chi connectivity index (χ0) is 19.5. The first-order valence-corrected chi connectivity index (χ1v) is 11.9. The summed E-state index contributed by atoms with van der Waals surface area (Å²) in [6.45, 7) is 8.05. The molecular weight excluding hydrogens is 344 g/mol. The molecule has 4 aliphatic carbocycles. The molecule has 3 nitrogen and oxygen atoms in total. The van der Waals surface area contributed by atoms with Crippen LogP contribution >= 0.6 is 0 Å². The highest BCUT2D eigenvalue weighted by Gasteiger charge is 2.60. The van der Waals surface area contributed by atoms with Crippen molar-refractivity contribution in [3.63, 3.8) is 0 Å². The summed E-state index contributed by atoms with van der Waals surface area (Å²) < 4.78 is 1.98. The Kier molecular flexibility index (Phi) is 4.54. The second-order valence-corrected chi connectivity index (χ2v) is 10.9. The van der Waals surface area contributed by atoms with E-state index in [0.717, 1.165) is 36.3 Å². The van der Waals surface area contributed by atoms with Gasteiger partial charge in [-0.25, -0.2) is 0 Å². The van der Waals surface area contributed by atoms with Crippen LogP contribution in [-0.4, -0.2) is 21.0 Å². The van der Waals surface area contributed by atoms with Crippen molar-refractivity contribution in [2.75, 3.05) is 0 Å². The molecule has 1 heterocycles. The highest BCUT2D eigenvalue weighted by Crippen LogP contribution is 2.67. The summed E-state index contributed by atoms with van der Waals surface area (Å²) in [4.78, 5) is 0. The van der Waals surface area contributed by atoms with Gasteiger partial charge in [-0.05, 0) is 86.5 Å². The molecule has 1 aromatic rings. The molecule has 7 unspecified atom stereocenters. The van der Waals surface area contributed by atoms with Gasteiger partial charge in [0.1, 0.15) is 0 Å². The van der Waals surface area contributed by atoms with Crippen LogP contribution in [0.1, 0.15) is 84.1 Å². The molecule has 0 aliphatic heterocycles. The SMILES string of the molecule is CCn1cc(C=C2CC3C4CCC5CCCCC5(C)C4CCC3(C)C2O)cn1. The van der Waals surface area contributed by atoms with Crippen molar-refractivity contribution < 1.29 is 5.11 Å². The van der Waals surface area contributed by atoms with E-state index in [9.17, 15) is 5.11 Å². The predicted molar refractivity (Wildman–Crippen MR) is 114 cm³/mol. The van der Waals surface area contributed by atoms with Crippen LogP contribution in [0.4, 0.5) is 0 Å². The topological polar surface area (TPSA) is 38.0 Å². The van der Waals surface area contributed by atoms with E-state index in [2.05, 4.69) is 38.1 Å². The maximum atomic E-state index is 11.4. The zero-order valence-corrected chi connectivity index (χ0v) is 18.0. The summed E-state index contributed by atoms with van der Waals surface area (Å²) in [6.07, 6.45) is 18.3. The third kappa shape index (κ3) is 2.68. The van der Waals surface area contributed by atoms with Gasteiger partial charge in [0.2, 0.25) is 0 Å². The Balaban J connectivity index is 1.44. The molecule has 0 amide bonds. The average Bonchev–Trinajstić information content (AvgIpc) is 3.25. The second kappa shape index (κ2) is 6.72. The van der Waals surface area contributed by atoms with Gasteiger partial charge >= 0.3 is 0 Å². The van der Waals surface area contributed by atoms with E-state index in [1.165, 1.54) is 56.9 Å². The molecule has 0 spiro atoms. The van der Waals surface area contributed by atoms with E-state index < -0.39 is 0 Å². The minimum atomic E-state index is -0.277. The Labute approximate surface area is 170 Å². The van der Waals surface area contributed by atoms with Crippen LogP contribution in [0.15, 0.2) is 18.0 Å². The van der Waals surface area contributed by atoms with Gasteiger partial charge in [-0.15, -0.1) is 0 Å². The Morgan fingerprint density at radius 2 is 1.96 bits per heavy atom. The number of fused-ring (bicyclic) bond motifs is 5. The van der Waals surface area contributed by atoms with Gasteiger partial charge in [-0.3, -0.25) is 4.68 Å². The lowest BCUT2D eigenvalue weighted by Gasteiger charge is -2.60. The van der Waals surface area contributed by atoms with Crippen molar-refractivity contribution in [3.05, 3.63) is 23.5 Å². The number of hydrogen-bond donors (Lipinski definition) is 1. The number of rotatable bonds is 2. The van der Waals surface area contributed by atoms with E-state index in [1.807, 2.05) is 10.9 Å². The highest BCUT2D eigenvalue weighted by atomic mass is 16.3. The van der Waals surface area contributed by atoms with Gasteiger partial charge < -0.3 is 5.11 Å². The van der Waals surface area contributed by atoms with Crippen molar-refractivity contribution in [2.45, 2.75) is 91.2 Å². The third-order valence-corrected chi connectivity index (χ3v) is 9.78. The van der Waals surface area contributed by atoms with E-state index in [0.29, 0.717) is 11.3 Å². The quantitative estimate of drug-likeness (QED) is 0.713. The van der Waals surface area contributed by atoms with Crippen LogP contribution in [0.25, 0.3) is 6.08 Å². The first-order chi connectivity index (χ1) is 13.5. The summed E-state index contributed by atoms with van der Waals surface area (Å²) in [6, 6.07) is 0. The van der Waals surface area contributed by atoms with Crippen molar-refractivity contribution >= 4 is 6.08 Å². The fraction of sp³-hybridized carbons (Fsp3) is 0.800. The first kappa shape index (κ1) is 18.9. The van der Waals surface area contributed by atoms with Crippen LogP contribution in [0, 0.1) is 34.5 Å². The van der Waals surface area contributed by atoms with Crippen LogP contribution in [0.5, 0.6) is 0 Å².